The van der Waals surface area contributed by atoms with Crippen LogP contribution in [0.15, 0.2) is 24.3 Å². The maximum Gasteiger partial charge on any atom is 0.239 e. The Bertz CT molecular complexity index is 540. The molecular weight excluding hydrogens is 280 g/mol. The van der Waals surface area contributed by atoms with Gasteiger partial charge in [-0.15, -0.1) is 0 Å². The molecule has 0 saturated carbocycles. The van der Waals surface area contributed by atoms with E-state index in [4.69, 9.17) is 11.6 Å². The Morgan fingerprint density at radius 3 is 2.50 bits per heavy atom. The number of anilines is 1. The molecule has 1 aromatic rings. The highest BCUT2D eigenvalue weighted by atomic mass is 35.5. The number of rotatable bonds is 2. The summed E-state index contributed by atoms with van der Waals surface area (Å²) < 4.78 is 0. The van der Waals surface area contributed by atoms with Crippen molar-refractivity contribution in [1.82, 2.24) is 4.90 Å². The van der Waals surface area contributed by atoms with Crippen molar-refractivity contribution in [3.8, 4) is 0 Å². The lowest BCUT2D eigenvalue weighted by Gasteiger charge is -2.37. The molecule has 2 aliphatic rings. The van der Waals surface area contributed by atoms with Crippen molar-refractivity contribution in [3.63, 3.8) is 0 Å². The van der Waals surface area contributed by atoms with Gasteiger partial charge in [-0.3, -0.25) is 9.59 Å². The number of aliphatic hydroxyl groups excluding tert-OH is 1. The second kappa shape index (κ2) is 5.07. The Morgan fingerprint density at radius 1 is 1.25 bits per heavy atom. The maximum absolute atomic E-state index is 12.3. The topological polar surface area (TPSA) is 60.9 Å². The van der Waals surface area contributed by atoms with Crippen molar-refractivity contribution in [3.05, 3.63) is 29.3 Å². The summed E-state index contributed by atoms with van der Waals surface area (Å²) in [5, 5.41) is 9.84. The highest BCUT2D eigenvalue weighted by Crippen LogP contribution is 2.28. The predicted molar refractivity (Wildman–Crippen MR) is 74.5 cm³/mol. The Morgan fingerprint density at radius 2 is 1.90 bits per heavy atom. The van der Waals surface area contributed by atoms with Crippen molar-refractivity contribution in [2.75, 3.05) is 24.5 Å². The third-order valence-electron chi connectivity index (χ3n) is 3.82. The van der Waals surface area contributed by atoms with Crippen LogP contribution in [0.2, 0.25) is 5.02 Å². The molecular formula is C14H15ClN2O3. The minimum atomic E-state index is -0.613. The van der Waals surface area contributed by atoms with Crippen molar-refractivity contribution in [1.29, 1.82) is 0 Å². The third-order valence-corrected chi connectivity index (χ3v) is 4.07. The second-order valence-corrected chi connectivity index (χ2v) is 5.64. The van der Waals surface area contributed by atoms with Crippen LogP contribution in [0.25, 0.3) is 0 Å². The van der Waals surface area contributed by atoms with Gasteiger partial charge in [0.1, 0.15) is 5.92 Å². The fourth-order valence-corrected chi connectivity index (χ4v) is 2.77. The molecule has 2 aliphatic heterocycles. The van der Waals surface area contributed by atoms with Crippen molar-refractivity contribution < 1.29 is 14.7 Å². The number of aliphatic hydroxyl groups is 1. The lowest BCUT2D eigenvalue weighted by molar-refractivity contribution is -0.148. The molecule has 0 aromatic heterocycles. The summed E-state index contributed by atoms with van der Waals surface area (Å²) in [4.78, 5) is 27.7. The van der Waals surface area contributed by atoms with Crippen LogP contribution in [0.5, 0.6) is 0 Å². The fraction of sp³-hybridized carbons (Fsp3) is 0.429. The molecule has 2 saturated heterocycles. The molecule has 0 radical (unpaired) electrons. The summed E-state index contributed by atoms with van der Waals surface area (Å²) >= 11 is 5.83. The predicted octanol–water partition coefficient (Wildman–Crippen LogP) is 0.896. The van der Waals surface area contributed by atoms with Crippen molar-refractivity contribution in [2.24, 2.45) is 5.92 Å². The molecule has 3 rings (SSSR count). The summed E-state index contributed by atoms with van der Waals surface area (Å²) in [5.74, 6) is -0.950. The molecule has 5 nitrogen and oxygen atoms in total. The van der Waals surface area contributed by atoms with Gasteiger partial charge in [-0.1, -0.05) is 11.6 Å². The number of nitrogens with zero attached hydrogens (tertiary/aromatic N) is 2. The van der Waals surface area contributed by atoms with Gasteiger partial charge in [-0.25, -0.2) is 0 Å². The zero-order valence-corrected chi connectivity index (χ0v) is 11.6. The summed E-state index contributed by atoms with van der Waals surface area (Å²) in [7, 11) is 0. The first kappa shape index (κ1) is 13.4. The van der Waals surface area contributed by atoms with Gasteiger partial charge < -0.3 is 14.9 Å². The molecule has 1 aromatic carbocycles. The standard InChI is InChI=1S/C14H15ClN2O3/c15-9-1-3-10(4-2-9)17-6-5-12(14(17)20)13(19)16-7-11(18)8-16/h1-4,11-12,18H,5-8H2. The number of hydrogen-bond acceptors (Lipinski definition) is 3. The van der Waals surface area contributed by atoms with E-state index in [1.54, 1.807) is 34.1 Å². The molecule has 1 unspecified atom stereocenters. The monoisotopic (exact) mass is 294 g/mol. The minimum Gasteiger partial charge on any atom is -0.389 e. The van der Waals surface area contributed by atoms with Crippen LogP contribution in [0.3, 0.4) is 0 Å². The lowest BCUT2D eigenvalue weighted by Crippen LogP contribution is -2.56. The number of β-amino-alcohol motifs (C(OH)–C–C–N with tert-alkyl or cyclic N) is 1. The number of benzene rings is 1. The zero-order chi connectivity index (χ0) is 14.3. The van der Waals surface area contributed by atoms with Gasteiger partial charge in [0.15, 0.2) is 0 Å². The van der Waals surface area contributed by atoms with Crippen LogP contribution >= 0.6 is 11.6 Å². The molecule has 1 N–H and O–H groups in total. The van der Waals surface area contributed by atoms with E-state index >= 15 is 0 Å². The molecule has 6 heteroatoms. The number of carbonyl (C=O) groups excluding carboxylic acids is 2. The summed E-state index contributed by atoms with van der Waals surface area (Å²) in [6.07, 6.45) is 0.0789. The fourth-order valence-electron chi connectivity index (χ4n) is 2.64. The number of carbonyl (C=O) groups is 2. The third kappa shape index (κ3) is 2.27. The normalized spacial score (nSPS) is 23.1. The van der Waals surface area contributed by atoms with Crippen LogP contribution in [-0.2, 0) is 9.59 Å². The molecule has 0 spiro atoms. The first-order valence-electron chi connectivity index (χ1n) is 6.60. The lowest BCUT2D eigenvalue weighted by atomic mass is 10.0. The van der Waals surface area contributed by atoms with Gasteiger partial charge >= 0.3 is 0 Å². The average molecular weight is 295 g/mol. The molecule has 20 heavy (non-hydrogen) atoms. The zero-order valence-electron chi connectivity index (χ0n) is 10.8. The van der Waals surface area contributed by atoms with Crippen LogP contribution < -0.4 is 4.90 Å². The number of likely N-dealkylation sites (tertiary alicyclic amines) is 1. The highest BCUT2D eigenvalue weighted by Gasteiger charge is 2.42. The highest BCUT2D eigenvalue weighted by molar-refractivity contribution is 6.30. The SMILES string of the molecule is O=C(C1CCN(c2ccc(Cl)cc2)C1=O)N1CC(O)C1. The second-order valence-electron chi connectivity index (χ2n) is 5.20. The Balaban J connectivity index is 1.70. The summed E-state index contributed by atoms with van der Waals surface area (Å²) in [6, 6.07) is 7.01. The molecule has 2 fully saturated rings. The van der Waals surface area contributed by atoms with E-state index in [1.807, 2.05) is 0 Å². The van der Waals surface area contributed by atoms with E-state index in [-0.39, 0.29) is 11.8 Å². The molecule has 0 bridgehead atoms. The van der Waals surface area contributed by atoms with Gasteiger partial charge in [0.25, 0.3) is 0 Å². The molecule has 1 atom stereocenters. The summed E-state index contributed by atoms with van der Waals surface area (Å²) in [6.45, 7) is 1.21. The first-order valence-corrected chi connectivity index (χ1v) is 6.98. The van der Waals surface area contributed by atoms with E-state index in [0.717, 1.165) is 5.69 Å². The van der Waals surface area contributed by atoms with E-state index in [0.29, 0.717) is 31.1 Å². The average Bonchev–Trinajstić information content (AvgIpc) is 2.77. The van der Waals surface area contributed by atoms with Crippen LogP contribution in [0, 0.1) is 5.92 Å². The smallest absolute Gasteiger partial charge is 0.239 e. The van der Waals surface area contributed by atoms with Gasteiger partial charge in [0, 0.05) is 30.3 Å². The van der Waals surface area contributed by atoms with E-state index in [1.165, 1.54) is 0 Å². The van der Waals surface area contributed by atoms with Crippen molar-refractivity contribution in [2.45, 2.75) is 12.5 Å². The first-order chi connectivity index (χ1) is 9.56. The Labute approximate surface area is 121 Å². The minimum absolute atomic E-state index is 0.168. The van der Waals surface area contributed by atoms with Gasteiger partial charge in [-0.05, 0) is 30.7 Å². The number of amides is 2. The number of hydrogen-bond donors (Lipinski definition) is 1. The van der Waals surface area contributed by atoms with E-state index in [9.17, 15) is 14.7 Å². The van der Waals surface area contributed by atoms with Gasteiger partial charge in [0.2, 0.25) is 11.8 Å². The van der Waals surface area contributed by atoms with Crippen LogP contribution in [0.1, 0.15) is 6.42 Å². The Hall–Kier alpha value is -1.59. The Kier molecular flexibility index (Phi) is 3.40. The molecule has 106 valence electrons. The van der Waals surface area contributed by atoms with Crippen LogP contribution in [0.4, 0.5) is 5.69 Å². The largest absolute Gasteiger partial charge is 0.389 e. The van der Waals surface area contributed by atoms with Crippen LogP contribution in [-0.4, -0.2) is 47.6 Å². The maximum atomic E-state index is 12.3. The van der Waals surface area contributed by atoms with Gasteiger partial charge in [0.05, 0.1) is 6.10 Å². The molecule has 2 heterocycles. The van der Waals surface area contributed by atoms with E-state index in [2.05, 4.69) is 0 Å². The molecule has 2 amide bonds. The quantitative estimate of drug-likeness (QED) is 0.824. The van der Waals surface area contributed by atoms with Gasteiger partial charge in [-0.2, -0.15) is 0 Å². The number of halogens is 1. The molecule has 0 aliphatic carbocycles. The summed E-state index contributed by atoms with van der Waals surface area (Å²) in [5.41, 5.74) is 0.762. The van der Waals surface area contributed by atoms with E-state index < -0.39 is 12.0 Å². The van der Waals surface area contributed by atoms with Crippen molar-refractivity contribution >= 4 is 29.1 Å².